The van der Waals surface area contributed by atoms with Gasteiger partial charge in [-0.15, -0.1) is 0 Å². The minimum absolute atomic E-state index is 0.208. The summed E-state index contributed by atoms with van der Waals surface area (Å²) in [7, 11) is 1.26. The Balaban J connectivity index is 2.76. The van der Waals surface area contributed by atoms with Gasteiger partial charge >= 0.3 is 6.18 Å². The van der Waals surface area contributed by atoms with E-state index in [4.69, 9.17) is 9.47 Å². The topological polar surface area (TPSA) is 30.5 Å². The molecule has 3 nitrogen and oxygen atoms in total. The minimum Gasteiger partial charge on any atom is -0.377 e. The van der Waals surface area contributed by atoms with Crippen molar-refractivity contribution in [2.24, 2.45) is 0 Å². The van der Waals surface area contributed by atoms with Gasteiger partial charge in [0.2, 0.25) is 0 Å². The molecule has 0 aliphatic carbocycles. The van der Waals surface area contributed by atoms with Crippen LogP contribution in [0.5, 0.6) is 0 Å². The molecular formula is C7H12F3NO2. The van der Waals surface area contributed by atoms with Crippen LogP contribution in [-0.4, -0.2) is 45.2 Å². The second-order valence-corrected chi connectivity index (χ2v) is 2.94. The lowest BCUT2D eigenvalue weighted by Gasteiger charge is -2.32. The Morgan fingerprint density at radius 3 is 1.92 bits per heavy atom. The summed E-state index contributed by atoms with van der Waals surface area (Å²) in [4.78, 5) is 0. The molecule has 1 saturated heterocycles. The van der Waals surface area contributed by atoms with Gasteiger partial charge in [0.25, 0.3) is 0 Å². The number of alkyl halides is 3. The Hall–Kier alpha value is -0.330. The lowest BCUT2D eigenvalue weighted by atomic mass is 10.0. The molecule has 0 radical (unpaired) electrons. The maximum Gasteiger partial charge on any atom is 0.411 e. The smallest absolute Gasteiger partial charge is 0.377 e. The molecule has 0 aromatic carbocycles. The minimum atomic E-state index is -4.36. The van der Waals surface area contributed by atoms with Gasteiger partial charge in [0.1, 0.15) is 0 Å². The normalized spacial score (nSPS) is 24.0. The molecule has 0 aromatic heterocycles. The zero-order chi connectivity index (χ0) is 9.95. The van der Waals surface area contributed by atoms with Crippen LogP contribution < -0.4 is 5.32 Å². The molecule has 1 heterocycles. The molecule has 0 unspecified atom stereocenters. The van der Waals surface area contributed by atoms with E-state index in [1.807, 2.05) is 0 Å². The van der Waals surface area contributed by atoms with Crippen molar-refractivity contribution in [3.05, 3.63) is 0 Å². The van der Waals surface area contributed by atoms with Gasteiger partial charge in [-0.2, -0.15) is 13.2 Å². The van der Waals surface area contributed by atoms with Crippen LogP contribution in [0.4, 0.5) is 13.2 Å². The second-order valence-electron chi connectivity index (χ2n) is 2.94. The number of likely N-dealkylation sites (N-methyl/N-ethyl adjacent to an activating group) is 1. The average molecular weight is 199 g/mol. The van der Waals surface area contributed by atoms with Crippen molar-refractivity contribution in [3.63, 3.8) is 0 Å². The molecule has 1 rings (SSSR count). The van der Waals surface area contributed by atoms with E-state index in [1.54, 1.807) is 0 Å². The molecule has 0 amide bonds. The van der Waals surface area contributed by atoms with E-state index >= 15 is 0 Å². The fourth-order valence-corrected chi connectivity index (χ4v) is 1.10. The van der Waals surface area contributed by atoms with Gasteiger partial charge in [-0.05, 0) is 7.05 Å². The largest absolute Gasteiger partial charge is 0.411 e. The fraction of sp³-hybridized carbons (Fsp3) is 1.00. The van der Waals surface area contributed by atoms with Crippen LogP contribution in [0.2, 0.25) is 0 Å². The highest BCUT2D eigenvalue weighted by atomic mass is 19.4. The van der Waals surface area contributed by atoms with E-state index in [9.17, 15) is 13.2 Å². The maximum atomic E-state index is 12.6. The Bertz CT molecular complexity index is 164. The van der Waals surface area contributed by atoms with E-state index in [2.05, 4.69) is 5.32 Å². The number of rotatable bonds is 1. The van der Waals surface area contributed by atoms with Gasteiger partial charge in [-0.3, -0.25) is 0 Å². The SMILES string of the molecule is CNC1(C(F)(F)F)COCCOC1. The van der Waals surface area contributed by atoms with Crippen molar-refractivity contribution in [3.8, 4) is 0 Å². The van der Waals surface area contributed by atoms with Crippen molar-refractivity contribution in [2.45, 2.75) is 11.7 Å². The van der Waals surface area contributed by atoms with E-state index in [0.717, 1.165) is 0 Å². The first-order valence-corrected chi connectivity index (χ1v) is 3.93. The van der Waals surface area contributed by atoms with Gasteiger partial charge in [0.15, 0.2) is 5.54 Å². The van der Waals surface area contributed by atoms with Crippen LogP contribution >= 0.6 is 0 Å². The Labute approximate surface area is 74.2 Å². The van der Waals surface area contributed by atoms with Crippen molar-refractivity contribution in [1.82, 2.24) is 5.32 Å². The monoisotopic (exact) mass is 199 g/mol. The summed E-state index contributed by atoms with van der Waals surface area (Å²) < 4.78 is 47.3. The summed E-state index contributed by atoms with van der Waals surface area (Å²) in [5, 5.41) is 2.22. The molecule has 78 valence electrons. The first-order valence-electron chi connectivity index (χ1n) is 3.93. The first-order chi connectivity index (χ1) is 6.02. The van der Waals surface area contributed by atoms with E-state index < -0.39 is 24.9 Å². The van der Waals surface area contributed by atoms with E-state index in [-0.39, 0.29) is 13.2 Å². The number of nitrogens with one attached hydrogen (secondary N) is 1. The lowest BCUT2D eigenvalue weighted by molar-refractivity contribution is -0.214. The average Bonchev–Trinajstić information content (AvgIpc) is 2.27. The van der Waals surface area contributed by atoms with Crippen LogP contribution in [0.25, 0.3) is 0 Å². The van der Waals surface area contributed by atoms with Crippen molar-refractivity contribution < 1.29 is 22.6 Å². The quantitative estimate of drug-likeness (QED) is 0.669. The van der Waals surface area contributed by atoms with Crippen LogP contribution in [0.3, 0.4) is 0 Å². The van der Waals surface area contributed by atoms with Crippen LogP contribution in [0.1, 0.15) is 0 Å². The summed E-state index contributed by atoms with van der Waals surface area (Å²) in [5.41, 5.74) is -2.05. The number of halogens is 3. The predicted octanol–water partition coefficient (Wildman–Crippen LogP) is 0.554. The molecule has 1 aliphatic heterocycles. The molecule has 0 atom stereocenters. The van der Waals surface area contributed by atoms with Crippen LogP contribution in [0, 0.1) is 0 Å². The molecule has 1 fully saturated rings. The summed E-state index contributed by atoms with van der Waals surface area (Å²) in [5.74, 6) is 0. The number of hydrogen-bond acceptors (Lipinski definition) is 3. The van der Waals surface area contributed by atoms with Gasteiger partial charge < -0.3 is 14.8 Å². The third-order valence-electron chi connectivity index (χ3n) is 2.09. The summed E-state index contributed by atoms with van der Waals surface area (Å²) in [6.45, 7) is -0.376. The Morgan fingerprint density at radius 1 is 1.15 bits per heavy atom. The third-order valence-corrected chi connectivity index (χ3v) is 2.09. The number of ether oxygens (including phenoxy) is 2. The zero-order valence-electron chi connectivity index (χ0n) is 7.28. The second kappa shape index (κ2) is 3.81. The van der Waals surface area contributed by atoms with Gasteiger partial charge in [-0.25, -0.2) is 0 Å². The zero-order valence-corrected chi connectivity index (χ0v) is 7.28. The van der Waals surface area contributed by atoms with Gasteiger partial charge in [-0.1, -0.05) is 0 Å². The Morgan fingerprint density at radius 2 is 1.62 bits per heavy atom. The summed E-state index contributed by atoms with van der Waals surface area (Å²) >= 11 is 0. The highest BCUT2D eigenvalue weighted by Gasteiger charge is 2.55. The summed E-state index contributed by atoms with van der Waals surface area (Å²) in [6.07, 6.45) is -4.36. The molecule has 6 heteroatoms. The lowest BCUT2D eigenvalue weighted by Crippen LogP contribution is -2.61. The highest BCUT2D eigenvalue weighted by molar-refractivity contribution is 4.95. The highest BCUT2D eigenvalue weighted by Crippen LogP contribution is 2.31. The predicted molar refractivity (Wildman–Crippen MR) is 39.5 cm³/mol. The van der Waals surface area contributed by atoms with Crippen molar-refractivity contribution in [1.29, 1.82) is 0 Å². The molecule has 0 saturated carbocycles. The summed E-state index contributed by atoms with van der Waals surface area (Å²) in [6, 6.07) is 0. The molecular weight excluding hydrogens is 187 g/mol. The fourth-order valence-electron chi connectivity index (χ4n) is 1.10. The molecule has 0 spiro atoms. The molecule has 1 N–H and O–H groups in total. The van der Waals surface area contributed by atoms with Gasteiger partial charge in [0.05, 0.1) is 26.4 Å². The maximum absolute atomic E-state index is 12.6. The van der Waals surface area contributed by atoms with Crippen LogP contribution in [0.15, 0.2) is 0 Å². The van der Waals surface area contributed by atoms with Crippen LogP contribution in [-0.2, 0) is 9.47 Å². The van der Waals surface area contributed by atoms with Crippen molar-refractivity contribution in [2.75, 3.05) is 33.5 Å². The molecule has 13 heavy (non-hydrogen) atoms. The van der Waals surface area contributed by atoms with Crippen molar-refractivity contribution >= 4 is 0 Å². The first kappa shape index (κ1) is 10.7. The third kappa shape index (κ3) is 2.12. The van der Waals surface area contributed by atoms with E-state index in [0.29, 0.717) is 0 Å². The standard InChI is InChI=1S/C7H12F3NO2/c1-11-6(7(8,9)10)4-12-2-3-13-5-6/h11H,2-5H2,1H3. The Kier molecular flexibility index (Phi) is 3.15. The molecule has 0 aromatic rings. The number of hydrogen-bond donors (Lipinski definition) is 1. The molecule has 0 bridgehead atoms. The molecule has 1 aliphatic rings. The van der Waals surface area contributed by atoms with E-state index in [1.165, 1.54) is 7.05 Å². The van der Waals surface area contributed by atoms with Gasteiger partial charge in [0, 0.05) is 0 Å².